The molecule has 15 heavy (non-hydrogen) atoms. The van der Waals surface area contributed by atoms with E-state index in [1.807, 2.05) is 0 Å². The predicted octanol–water partition coefficient (Wildman–Crippen LogP) is 3.20. The Kier molecular flexibility index (Phi) is 4.32. The van der Waals surface area contributed by atoms with Gasteiger partial charge in [-0.1, -0.05) is 20.8 Å². The maximum absolute atomic E-state index is 12.2. The Balaban J connectivity index is 2.61. The van der Waals surface area contributed by atoms with Crippen molar-refractivity contribution < 1.29 is 9.53 Å². The van der Waals surface area contributed by atoms with Gasteiger partial charge in [0, 0.05) is 13.5 Å². The lowest BCUT2D eigenvalue weighted by molar-refractivity contribution is -0.145. The molecule has 0 aliphatic heterocycles. The Morgan fingerprint density at radius 1 is 1.53 bits per heavy atom. The van der Waals surface area contributed by atoms with Gasteiger partial charge in [0.2, 0.25) is 0 Å². The molecule has 0 aromatic carbocycles. The molecule has 2 nitrogen and oxygen atoms in total. The van der Waals surface area contributed by atoms with Crippen LogP contribution in [0.15, 0.2) is 0 Å². The topological polar surface area (TPSA) is 26.3 Å². The summed E-state index contributed by atoms with van der Waals surface area (Å²) in [4.78, 5) is 12.2. The minimum atomic E-state index is -0.450. The number of hydrogen-bond donors (Lipinski definition) is 0. The molecule has 0 bridgehead atoms. The standard InChI is InChI=1S/C13H24O2/c1-10(2)7-8-12(14)13(15-4)9-5-6-11(13)3/h10-11H,5-9H2,1-4H3. The summed E-state index contributed by atoms with van der Waals surface area (Å²) in [6.45, 7) is 6.46. The highest BCUT2D eigenvalue weighted by Gasteiger charge is 2.46. The van der Waals surface area contributed by atoms with E-state index in [4.69, 9.17) is 4.74 Å². The molecule has 2 atom stereocenters. The van der Waals surface area contributed by atoms with Gasteiger partial charge in [-0.25, -0.2) is 0 Å². The summed E-state index contributed by atoms with van der Waals surface area (Å²) < 4.78 is 5.56. The number of carbonyl (C=O) groups excluding carboxylic acids is 1. The number of ether oxygens (including phenoxy) is 1. The molecule has 0 amide bonds. The van der Waals surface area contributed by atoms with E-state index in [0.717, 1.165) is 25.7 Å². The molecular formula is C13H24O2. The van der Waals surface area contributed by atoms with Gasteiger partial charge in [0.25, 0.3) is 0 Å². The van der Waals surface area contributed by atoms with Crippen LogP contribution < -0.4 is 0 Å². The van der Waals surface area contributed by atoms with E-state index in [0.29, 0.717) is 24.0 Å². The molecule has 2 heteroatoms. The van der Waals surface area contributed by atoms with Crippen LogP contribution in [0.2, 0.25) is 0 Å². The van der Waals surface area contributed by atoms with E-state index in [1.54, 1.807) is 7.11 Å². The Bertz CT molecular complexity index is 223. The normalized spacial score (nSPS) is 31.1. The summed E-state index contributed by atoms with van der Waals surface area (Å²) in [6.07, 6.45) is 4.83. The summed E-state index contributed by atoms with van der Waals surface area (Å²) >= 11 is 0. The van der Waals surface area contributed by atoms with Crippen LogP contribution in [0.5, 0.6) is 0 Å². The number of carbonyl (C=O) groups is 1. The van der Waals surface area contributed by atoms with Crippen LogP contribution in [0.25, 0.3) is 0 Å². The number of Topliss-reactive ketones (excluding diaryl/α,β-unsaturated/α-hetero) is 1. The van der Waals surface area contributed by atoms with Gasteiger partial charge in [-0.05, 0) is 37.5 Å². The molecule has 0 aromatic rings. The number of methoxy groups -OCH3 is 1. The van der Waals surface area contributed by atoms with Crippen LogP contribution in [0, 0.1) is 11.8 Å². The molecular weight excluding hydrogens is 188 g/mol. The lowest BCUT2D eigenvalue weighted by atomic mass is 9.84. The van der Waals surface area contributed by atoms with E-state index in [1.165, 1.54) is 0 Å². The molecule has 0 radical (unpaired) electrons. The van der Waals surface area contributed by atoms with Crippen LogP contribution in [-0.2, 0) is 9.53 Å². The van der Waals surface area contributed by atoms with Crippen LogP contribution in [-0.4, -0.2) is 18.5 Å². The van der Waals surface area contributed by atoms with Gasteiger partial charge in [-0.3, -0.25) is 4.79 Å². The van der Waals surface area contributed by atoms with Crippen molar-refractivity contribution >= 4 is 5.78 Å². The molecule has 1 rings (SSSR count). The molecule has 1 aliphatic rings. The third-order valence-electron chi connectivity index (χ3n) is 3.77. The van der Waals surface area contributed by atoms with Gasteiger partial charge in [-0.2, -0.15) is 0 Å². The Morgan fingerprint density at radius 3 is 2.60 bits per heavy atom. The third kappa shape index (κ3) is 2.60. The zero-order valence-corrected chi connectivity index (χ0v) is 10.5. The van der Waals surface area contributed by atoms with Crippen molar-refractivity contribution in [3.05, 3.63) is 0 Å². The first-order chi connectivity index (χ1) is 7.03. The van der Waals surface area contributed by atoms with Gasteiger partial charge in [-0.15, -0.1) is 0 Å². The lowest BCUT2D eigenvalue weighted by Crippen LogP contribution is -2.43. The second kappa shape index (κ2) is 5.11. The fourth-order valence-corrected chi connectivity index (χ4v) is 2.61. The van der Waals surface area contributed by atoms with Gasteiger partial charge < -0.3 is 4.74 Å². The molecule has 0 aromatic heterocycles. The van der Waals surface area contributed by atoms with Gasteiger partial charge >= 0.3 is 0 Å². The Labute approximate surface area is 93.4 Å². The summed E-state index contributed by atoms with van der Waals surface area (Å²) in [5.41, 5.74) is -0.450. The maximum atomic E-state index is 12.2. The van der Waals surface area contributed by atoms with Crippen molar-refractivity contribution in [3.8, 4) is 0 Å². The van der Waals surface area contributed by atoms with Crippen molar-refractivity contribution in [1.82, 2.24) is 0 Å². The average Bonchev–Trinajstić information content (AvgIpc) is 2.57. The van der Waals surface area contributed by atoms with Crippen molar-refractivity contribution in [2.45, 2.75) is 58.5 Å². The van der Waals surface area contributed by atoms with Crippen LogP contribution in [0.4, 0.5) is 0 Å². The molecule has 0 N–H and O–H groups in total. The third-order valence-corrected chi connectivity index (χ3v) is 3.77. The second-order valence-electron chi connectivity index (χ2n) is 5.24. The second-order valence-corrected chi connectivity index (χ2v) is 5.24. The Hall–Kier alpha value is -0.370. The van der Waals surface area contributed by atoms with Crippen molar-refractivity contribution in [3.63, 3.8) is 0 Å². The molecule has 2 unspecified atom stereocenters. The molecule has 88 valence electrons. The minimum Gasteiger partial charge on any atom is -0.370 e. The highest BCUT2D eigenvalue weighted by molar-refractivity contribution is 5.88. The van der Waals surface area contributed by atoms with Crippen molar-refractivity contribution in [2.75, 3.05) is 7.11 Å². The SMILES string of the molecule is COC1(C(=O)CCC(C)C)CCCC1C. The maximum Gasteiger partial charge on any atom is 0.164 e. The number of hydrogen-bond acceptors (Lipinski definition) is 2. The molecule has 1 aliphatic carbocycles. The molecule has 0 saturated heterocycles. The van der Waals surface area contributed by atoms with Crippen molar-refractivity contribution in [2.24, 2.45) is 11.8 Å². The smallest absolute Gasteiger partial charge is 0.164 e. The lowest BCUT2D eigenvalue weighted by Gasteiger charge is -2.31. The Morgan fingerprint density at radius 2 is 2.20 bits per heavy atom. The first-order valence-electron chi connectivity index (χ1n) is 6.11. The fourth-order valence-electron chi connectivity index (χ4n) is 2.61. The van der Waals surface area contributed by atoms with Crippen molar-refractivity contribution in [1.29, 1.82) is 0 Å². The monoisotopic (exact) mass is 212 g/mol. The van der Waals surface area contributed by atoms with Gasteiger partial charge in [0.05, 0.1) is 0 Å². The van der Waals surface area contributed by atoms with E-state index < -0.39 is 5.60 Å². The average molecular weight is 212 g/mol. The van der Waals surface area contributed by atoms with Gasteiger partial charge in [0.1, 0.15) is 5.60 Å². The minimum absolute atomic E-state index is 0.323. The highest BCUT2D eigenvalue weighted by Crippen LogP contribution is 2.39. The molecule has 1 saturated carbocycles. The van der Waals surface area contributed by atoms with Crippen LogP contribution >= 0.6 is 0 Å². The summed E-state index contributed by atoms with van der Waals surface area (Å²) in [5.74, 6) is 1.31. The highest BCUT2D eigenvalue weighted by atomic mass is 16.5. The molecule has 0 heterocycles. The van der Waals surface area contributed by atoms with E-state index in [2.05, 4.69) is 20.8 Å². The quantitative estimate of drug-likeness (QED) is 0.699. The summed E-state index contributed by atoms with van der Waals surface area (Å²) in [7, 11) is 1.69. The number of rotatable bonds is 5. The molecule has 0 spiro atoms. The summed E-state index contributed by atoms with van der Waals surface area (Å²) in [5, 5.41) is 0. The predicted molar refractivity (Wildman–Crippen MR) is 61.8 cm³/mol. The number of ketones is 1. The largest absolute Gasteiger partial charge is 0.370 e. The van der Waals surface area contributed by atoms with E-state index in [-0.39, 0.29) is 0 Å². The zero-order valence-electron chi connectivity index (χ0n) is 10.5. The first kappa shape index (κ1) is 12.7. The van der Waals surface area contributed by atoms with Crippen LogP contribution in [0.3, 0.4) is 0 Å². The van der Waals surface area contributed by atoms with Crippen LogP contribution in [0.1, 0.15) is 52.9 Å². The van der Waals surface area contributed by atoms with E-state index in [9.17, 15) is 4.79 Å². The zero-order chi connectivity index (χ0) is 11.5. The fraction of sp³-hybridized carbons (Fsp3) is 0.923. The first-order valence-corrected chi connectivity index (χ1v) is 6.11. The summed E-state index contributed by atoms with van der Waals surface area (Å²) in [6, 6.07) is 0. The molecule has 1 fully saturated rings. The van der Waals surface area contributed by atoms with Gasteiger partial charge in [0.15, 0.2) is 5.78 Å². The van der Waals surface area contributed by atoms with E-state index >= 15 is 0 Å².